The molecule has 1 saturated carbocycles. The van der Waals surface area contributed by atoms with Gasteiger partial charge in [-0.25, -0.2) is 9.78 Å². The lowest BCUT2D eigenvalue weighted by Gasteiger charge is -2.15. The Bertz CT molecular complexity index is 1770. The minimum atomic E-state index is -0.581. The summed E-state index contributed by atoms with van der Waals surface area (Å²) in [5, 5.41) is 4.62. The van der Waals surface area contributed by atoms with Gasteiger partial charge in [-0.05, 0) is 66.3 Å². The molecular weight excluding hydrogens is 488 g/mol. The van der Waals surface area contributed by atoms with Crippen LogP contribution in [0.15, 0.2) is 70.0 Å². The van der Waals surface area contributed by atoms with E-state index in [2.05, 4.69) is 39.0 Å². The number of rotatable bonds is 4. The smallest absolute Gasteiger partial charge is 0.439 e. The molecule has 37 heavy (non-hydrogen) atoms. The third kappa shape index (κ3) is 3.78. The highest BCUT2D eigenvalue weighted by molar-refractivity contribution is 6.34. The summed E-state index contributed by atoms with van der Waals surface area (Å²) >= 11 is 6.49. The molecule has 3 aromatic carbocycles. The Labute approximate surface area is 217 Å². The van der Waals surface area contributed by atoms with Crippen LogP contribution in [0.2, 0.25) is 5.02 Å². The Hall–Kier alpha value is -4.10. The lowest BCUT2D eigenvalue weighted by molar-refractivity contribution is 0.307. The molecule has 184 valence electrons. The number of nitrogens with one attached hydrogen (secondary N) is 1. The SMILES string of the molecule is C/C(=C1/c2ccc(Cn3c(C4CC4)nc4c(Cl)cccc43)cc2COc2ccccc21)c1noc(=O)[nH]1. The van der Waals surface area contributed by atoms with Gasteiger partial charge in [-0.3, -0.25) is 9.51 Å². The highest BCUT2D eigenvalue weighted by Gasteiger charge is 2.30. The van der Waals surface area contributed by atoms with Gasteiger partial charge in [0, 0.05) is 23.6 Å². The molecule has 2 aliphatic rings. The lowest BCUT2D eigenvalue weighted by Crippen LogP contribution is -2.06. The fourth-order valence-electron chi connectivity index (χ4n) is 5.26. The number of hydrogen-bond donors (Lipinski definition) is 1. The molecule has 0 spiro atoms. The molecule has 0 amide bonds. The number of nitrogens with zero attached hydrogens (tertiary/aromatic N) is 3. The van der Waals surface area contributed by atoms with Crippen LogP contribution >= 0.6 is 11.6 Å². The average Bonchev–Trinajstić information content (AvgIpc) is 3.59. The first-order valence-corrected chi connectivity index (χ1v) is 12.7. The van der Waals surface area contributed by atoms with Crippen molar-refractivity contribution >= 4 is 33.8 Å². The first kappa shape index (κ1) is 22.1. The van der Waals surface area contributed by atoms with Crippen molar-refractivity contribution in [2.45, 2.75) is 38.8 Å². The van der Waals surface area contributed by atoms with Gasteiger partial charge in [0.2, 0.25) is 0 Å². The van der Waals surface area contributed by atoms with Crippen LogP contribution in [0.1, 0.15) is 59.6 Å². The second-order valence-corrected chi connectivity index (χ2v) is 10.1. The Morgan fingerprint density at radius 3 is 2.78 bits per heavy atom. The van der Waals surface area contributed by atoms with Crippen molar-refractivity contribution < 1.29 is 9.26 Å². The maximum Gasteiger partial charge on any atom is 0.439 e. The Kier molecular flexibility index (Phi) is 5.08. The van der Waals surface area contributed by atoms with Crippen LogP contribution in [-0.2, 0) is 13.2 Å². The van der Waals surface area contributed by atoms with Gasteiger partial charge in [-0.2, -0.15) is 0 Å². The minimum absolute atomic E-state index is 0.405. The predicted octanol–water partition coefficient (Wildman–Crippen LogP) is 6.16. The molecule has 7 nitrogen and oxygen atoms in total. The number of imidazole rings is 1. The van der Waals surface area contributed by atoms with Crippen molar-refractivity contribution in [3.8, 4) is 5.75 Å². The monoisotopic (exact) mass is 510 g/mol. The van der Waals surface area contributed by atoms with Gasteiger partial charge in [-0.15, -0.1) is 0 Å². The Morgan fingerprint density at radius 2 is 1.97 bits per heavy atom. The maximum atomic E-state index is 11.7. The number of allylic oxidation sites excluding steroid dienone is 1. The second-order valence-electron chi connectivity index (χ2n) is 9.66. The first-order chi connectivity index (χ1) is 18.1. The van der Waals surface area contributed by atoms with Crippen molar-refractivity contribution in [1.82, 2.24) is 19.7 Å². The first-order valence-electron chi connectivity index (χ1n) is 12.3. The molecule has 5 aromatic rings. The molecule has 1 aliphatic carbocycles. The van der Waals surface area contributed by atoms with E-state index in [1.165, 1.54) is 0 Å². The van der Waals surface area contributed by atoms with Gasteiger partial charge >= 0.3 is 5.76 Å². The normalized spacial score (nSPS) is 16.2. The standard InChI is InChI=1S/C29H23ClN4O3/c1-16(27-32-29(35)37-33-27)25-20-12-9-17(13-19(20)15-36-24-8-3-2-5-21(24)25)14-34-23-7-4-6-22(30)26(23)31-28(34)18-10-11-18/h2-9,12-13,18H,10-11,14-15H2,1H3,(H,32,33,35)/b25-16+. The maximum absolute atomic E-state index is 11.7. The summed E-state index contributed by atoms with van der Waals surface area (Å²) in [6.45, 7) is 3.06. The van der Waals surface area contributed by atoms with Crippen molar-refractivity contribution in [1.29, 1.82) is 0 Å². The molecule has 0 bridgehead atoms. The molecule has 0 radical (unpaired) electrons. The topological polar surface area (TPSA) is 85.9 Å². The van der Waals surface area contributed by atoms with Gasteiger partial charge in [0.05, 0.1) is 10.5 Å². The molecule has 0 atom stereocenters. The summed E-state index contributed by atoms with van der Waals surface area (Å²) in [6.07, 6.45) is 2.32. The molecule has 2 aromatic heterocycles. The van der Waals surface area contributed by atoms with E-state index in [4.69, 9.17) is 25.8 Å². The van der Waals surface area contributed by atoms with E-state index < -0.39 is 5.76 Å². The number of fused-ring (bicyclic) bond motifs is 3. The number of aromatic nitrogens is 4. The Balaban J connectivity index is 1.36. The molecule has 0 saturated heterocycles. The highest BCUT2D eigenvalue weighted by atomic mass is 35.5. The van der Waals surface area contributed by atoms with E-state index in [9.17, 15) is 4.79 Å². The highest BCUT2D eigenvalue weighted by Crippen LogP contribution is 2.43. The fourth-order valence-corrected chi connectivity index (χ4v) is 5.47. The van der Waals surface area contributed by atoms with E-state index >= 15 is 0 Å². The zero-order valence-corrected chi connectivity index (χ0v) is 20.9. The molecule has 8 heteroatoms. The average molecular weight is 511 g/mol. The third-order valence-corrected chi connectivity index (χ3v) is 7.50. The molecule has 1 aliphatic heterocycles. The summed E-state index contributed by atoms with van der Waals surface area (Å²) < 4.78 is 13.4. The number of ether oxygens (including phenoxy) is 1. The van der Waals surface area contributed by atoms with E-state index in [-0.39, 0.29) is 0 Å². The van der Waals surface area contributed by atoms with Crippen LogP contribution in [0.25, 0.3) is 22.2 Å². The minimum Gasteiger partial charge on any atom is -0.488 e. The molecule has 1 fully saturated rings. The summed E-state index contributed by atoms with van der Waals surface area (Å²) in [7, 11) is 0. The van der Waals surface area contributed by atoms with Crippen LogP contribution in [0.3, 0.4) is 0 Å². The second kappa shape index (κ2) is 8.49. The largest absolute Gasteiger partial charge is 0.488 e. The molecular formula is C29H23ClN4O3. The van der Waals surface area contributed by atoms with Crippen molar-refractivity contribution in [2.24, 2.45) is 0 Å². The van der Waals surface area contributed by atoms with Gasteiger partial charge in [0.1, 0.15) is 23.7 Å². The van der Waals surface area contributed by atoms with Crippen LogP contribution in [0, 0.1) is 0 Å². The quantitative estimate of drug-likeness (QED) is 0.313. The van der Waals surface area contributed by atoms with Crippen LogP contribution in [0.5, 0.6) is 5.75 Å². The zero-order valence-electron chi connectivity index (χ0n) is 20.1. The van der Waals surface area contributed by atoms with Crippen molar-refractivity contribution in [3.05, 3.63) is 110 Å². The number of halogens is 1. The van der Waals surface area contributed by atoms with E-state index in [1.807, 2.05) is 43.3 Å². The zero-order chi connectivity index (χ0) is 25.1. The Morgan fingerprint density at radius 1 is 1.11 bits per heavy atom. The summed E-state index contributed by atoms with van der Waals surface area (Å²) in [6, 6.07) is 20.4. The van der Waals surface area contributed by atoms with Gasteiger partial charge in [0.15, 0.2) is 5.82 Å². The summed E-state index contributed by atoms with van der Waals surface area (Å²) in [5.74, 6) is 2.20. The van der Waals surface area contributed by atoms with Crippen LogP contribution < -0.4 is 10.5 Å². The molecule has 3 heterocycles. The number of para-hydroxylation sites is 2. The van der Waals surface area contributed by atoms with Crippen molar-refractivity contribution in [2.75, 3.05) is 0 Å². The molecule has 7 rings (SSSR count). The molecule has 1 N–H and O–H groups in total. The third-order valence-electron chi connectivity index (χ3n) is 7.19. The van der Waals surface area contributed by atoms with Gasteiger partial charge in [-0.1, -0.05) is 53.2 Å². The summed E-state index contributed by atoms with van der Waals surface area (Å²) in [5.41, 5.74) is 7.88. The van der Waals surface area contributed by atoms with E-state index in [1.54, 1.807) is 0 Å². The van der Waals surface area contributed by atoms with E-state index in [0.29, 0.717) is 29.9 Å². The molecule has 0 unspecified atom stereocenters. The van der Waals surface area contributed by atoms with Crippen molar-refractivity contribution in [3.63, 3.8) is 0 Å². The summed E-state index contributed by atoms with van der Waals surface area (Å²) in [4.78, 5) is 19.3. The fraction of sp³-hybridized carbons (Fsp3) is 0.207. The number of aromatic amines is 1. The van der Waals surface area contributed by atoms with E-state index in [0.717, 1.165) is 68.8 Å². The van der Waals surface area contributed by atoms with Gasteiger partial charge in [0.25, 0.3) is 0 Å². The predicted molar refractivity (Wildman–Crippen MR) is 142 cm³/mol. The van der Waals surface area contributed by atoms with Crippen LogP contribution in [0.4, 0.5) is 0 Å². The number of H-pyrrole nitrogens is 1. The lowest BCUT2D eigenvalue weighted by atomic mass is 9.89. The number of benzene rings is 3. The van der Waals surface area contributed by atoms with Gasteiger partial charge < -0.3 is 9.30 Å². The van der Waals surface area contributed by atoms with Crippen LogP contribution in [-0.4, -0.2) is 19.7 Å². The number of hydrogen-bond acceptors (Lipinski definition) is 5.